The van der Waals surface area contributed by atoms with Gasteiger partial charge < -0.3 is 0 Å². The van der Waals surface area contributed by atoms with Crippen molar-refractivity contribution < 1.29 is 0 Å². The quantitative estimate of drug-likeness (QED) is 0.488. The van der Waals surface area contributed by atoms with E-state index in [1.165, 1.54) is 21.6 Å². The van der Waals surface area contributed by atoms with Crippen LogP contribution in [-0.2, 0) is 0 Å². The number of nitrogens with zero attached hydrogens (tertiary/aromatic N) is 1. The van der Waals surface area contributed by atoms with Gasteiger partial charge in [0.05, 0.1) is 0 Å². The Hall–Kier alpha value is -1.99. The van der Waals surface area contributed by atoms with Crippen LogP contribution in [0, 0.1) is 0 Å². The molecule has 0 saturated heterocycles. The van der Waals surface area contributed by atoms with Gasteiger partial charge in [0, 0.05) is 10.5 Å². The van der Waals surface area contributed by atoms with Gasteiger partial charge in [-0.25, -0.2) is 4.99 Å². The van der Waals surface area contributed by atoms with Gasteiger partial charge in [-0.15, -0.1) is 0 Å². The van der Waals surface area contributed by atoms with Gasteiger partial charge in [0.15, 0.2) is 5.16 Å². The summed E-state index contributed by atoms with van der Waals surface area (Å²) in [5.74, 6) is 0. The van der Waals surface area contributed by atoms with Crippen molar-refractivity contribution in [1.82, 2.24) is 0 Å². The van der Waals surface area contributed by atoms with E-state index in [-0.39, 0.29) is 5.16 Å². The summed E-state index contributed by atoms with van der Waals surface area (Å²) in [4.78, 5) is 5.66. The molecule has 0 N–H and O–H groups in total. The van der Waals surface area contributed by atoms with E-state index in [9.17, 15) is 0 Å². The molecule has 3 heteroatoms. The van der Waals surface area contributed by atoms with E-state index in [1.54, 1.807) is 11.8 Å². The van der Waals surface area contributed by atoms with Gasteiger partial charge in [-0.2, -0.15) is 0 Å². The maximum atomic E-state index is 6.02. The van der Waals surface area contributed by atoms with Crippen molar-refractivity contribution in [1.29, 1.82) is 0 Å². The van der Waals surface area contributed by atoms with Crippen molar-refractivity contribution in [2.45, 2.75) is 11.8 Å². The van der Waals surface area contributed by atoms with Crippen LogP contribution in [-0.4, -0.2) is 5.04 Å². The Balaban J connectivity index is 2.24. The Morgan fingerprint density at radius 2 is 1.77 bits per heavy atom. The summed E-state index contributed by atoms with van der Waals surface area (Å²) in [5, 5.41) is 1.18. The molecule has 1 aliphatic rings. The second-order valence-electron chi connectivity index (χ2n) is 4.85. The Morgan fingerprint density at radius 1 is 1.09 bits per heavy atom. The lowest BCUT2D eigenvalue weighted by Crippen LogP contribution is -1.94. The maximum Gasteiger partial charge on any atom is 0.172 e. The smallest absolute Gasteiger partial charge is 0.172 e. The van der Waals surface area contributed by atoms with Crippen LogP contribution >= 0.6 is 23.4 Å². The highest BCUT2D eigenvalue weighted by atomic mass is 35.5. The lowest BCUT2D eigenvalue weighted by atomic mass is 9.96. The van der Waals surface area contributed by atoms with Crippen molar-refractivity contribution in [3.63, 3.8) is 0 Å². The number of hydrogen-bond donors (Lipinski definition) is 0. The molecule has 0 fully saturated rings. The van der Waals surface area contributed by atoms with Gasteiger partial charge in [-0.3, -0.25) is 0 Å². The van der Waals surface area contributed by atoms with Crippen LogP contribution in [0.25, 0.3) is 11.1 Å². The molecule has 1 heterocycles. The molecular formula is C19H14ClNS. The van der Waals surface area contributed by atoms with Gasteiger partial charge in [0.2, 0.25) is 0 Å². The molecule has 0 spiro atoms. The summed E-state index contributed by atoms with van der Waals surface area (Å²) in [7, 11) is 0. The lowest BCUT2D eigenvalue weighted by Gasteiger charge is -2.08. The van der Waals surface area contributed by atoms with Crippen LogP contribution in [0.3, 0.4) is 0 Å². The van der Waals surface area contributed by atoms with E-state index in [2.05, 4.69) is 48.5 Å². The van der Waals surface area contributed by atoms with Crippen LogP contribution in [0.15, 0.2) is 82.0 Å². The summed E-state index contributed by atoms with van der Waals surface area (Å²) in [6.07, 6.45) is 0. The average Bonchev–Trinajstić information content (AvgIpc) is 2.92. The third-order valence-corrected chi connectivity index (χ3v) is 4.79. The molecule has 2 aromatic carbocycles. The second kappa shape index (κ2) is 6.41. The summed E-state index contributed by atoms with van der Waals surface area (Å²) in [6.45, 7) is 5.67. The number of aliphatic imine (C=N–C) groups is 1. The first-order chi connectivity index (χ1) is 10.7. The average molecular weight is 324 g/mol. The van der Waals surface area contributed by atoms with Crippen molar-refractivity contribution in [2.75, 3.05) is 0 Å². The summed E-state index contributed by atoms with van der Waals surface area (Å²) in [5.41, 5.74) is 7.31. The topological polar surface area (TPSA) is 12.4 Å². The van der Waals surface area contributed by atoms with Gasteiger partial charge in [0.1, 0.15) is 5.04 Å². The summed E-state index contributed by atoms with van der Waals surface area (Å²) < 4.78 is 0. The highest BCUT2D eigenvalue weighted by Gasteiger charge is 2.26. The third-order valence-electron chi connectivity index (χ3n) is 3.50. The number of rotatable bonds is 2. The molecule has 0 aliphatic carbocycles. The summed E-state index contributed by atoms with van der Waals surface area (Å²) >= 11 is 7.65. The first-order valence-corrected chi connectivity index (χ1v) is 8.08. The Labute approximate surface area is 139 Å². The van der Waals surface area contributed by atoms with Gasteiger partial charge in [-0.05, 0) is 29.7 Å². The molecule has 3 rings (SSSR count). The zero-order chi connectivity index (χ0) is 15.5. The molecule has 22 heavy (non-hydrogen) atoms. The van der Waals surface area contributed by atoms with Crippen molar-refractivity contribution in [3.05, 3.63) is 83.2 Å². The molecule has 0 radical (unpaired) electrons. The fraction of sp³-hybridized carbons (Fsp3) is 0.0526. The van der Waals surface area contributed by atoms with Crippen molar-refractivity contribution >= 4 is 39.6 Å². The predicted octanol–water partition coefficient (Wildman–Crippen LogP) is 5.99. The van der Waals surface area contributed by atoms with Crippen LogP contribution in [0.1, 0.15) is 18.1 Å². The Bertz CT molecular complexity index is 828. The number of thioether (sulfide) groups is 1. The molecule has 1 aliphatic heterocycles. The molecule has 0 unspecified atom stereocenters. The molecule has 108 valence electrons. The molecular weight excluding hydrogens is 310 g/mol. The largest absolute Gasteiger partial charge is 0.220 e. The fourth-order valence-electron chi connectivity index (χ4n) is 2.43. The Morgan fingerprint density at radius 3 is 2.50 bits per heavy atom. The molecule has 1 nitrogen and oxygen atoms in total. The Kier molecular flexibility index (Phi) is 4.35. The molecule has 0 amide bonds. The van der Waals surface area contributed by atoms with Crippen LogP contribution in [0.5, 0.6) is 0 Å². The number of hydrogen-bond acceptors (Lipinski definition) is 2. The van der Waals surface area contributed by atoms with E-state index in [4.69, 9.17) is 11.6 Å². The highest BCUT2D eigenvalue weighted by Crippen LogP contribution is 2.45. The van der Waals surface area contributed by atoms with Crippen LogP contribution < -0.4 is 0 Å². The minimum absolute atomic E-state index is 0.286. The lowest BCUT2D eigenvalue weighted by molar-refractivity contribution is 1.43. The number of benzene rings is 2. The molecule has 0 bridgehead atoms. The van der Waals surface area contributed by atoms with Gasteiger partial charge in [-0.1, -0.05) is 84.2 Å². The van der Waals surface area contributed by atoms with E-state index in [0.717, 1.165) is 10.6 Å². The maximum absolute atomic E-state index is 6.02. The van der Waals surface area contributed by atoms with Crippen molar-refractivity contribution in [3.8, 4) is 0 Å². The van der Waals surface area contributed by atoms with Crippen molar-refractivity contribution in [2.24, 2.45) is 4.99 Å². The van der Waals surface area contributed by atoms with Crippen LogP contribution in [0.2, 0.25) is 0 Å². The minimum atomic E-state index is 0.286. The number of allylic oxidation sites excluding steroid dienone is 1. The van der Waals surface area contributed by atoms with E-state index in [0.29, 0.717) is 0 Å². The molecule has 0 atom stereocenters. The number of halogens is 1. The monoisotopic (exact) mass is 323 g/mol. The highest BCUT2D eigenvalue weighted by molar-refractivity contribution is 8.15. The standard InChI is InChI=1S/C19H14ClNS/c1-3-17(20)21-19-18(13(2)14-9-5-4-6-10-14)15-11-7-8-12-16(15)22-19/h4-12H,1H2,2H3/b18-13+,21-19+. The summed E-state index contributed by atoms with van der Waals surface area (Å²) in [6, 6.07) is 18.6. The molecule has 0 saturated carbocycles. The zero-order valence-electron chi connectivity index (χ0n) is 12.1. The second-order valence-corrected chi connectivity index (χ2v) is 6.24. The van der Waals surface area contributed by atoms with Crippen LogP contribution in [0.4, 0.5) is 0 Å². The zero-order valence-corrected chi connectivity index (χ0v) is 13.7. The predicted molar refractivity (Wildman–Crippen MR) is 97.2 cm³/mol. The van der Waals surface area contributed by atoms with E-state index in [1.807, 2.05) is 30.3 Å². The minimum Gasteiger partial charge on any atom is -0.220 e. The SMILES string of the molecule is C=C=C(Cl)/N=C1/Sc2ccccc2/C1=C(/C)c1ccccc1. The van der Waals surface area contributed by atoms with Gasteiger partial charge in [0.25, 0.3) is 0 Å². The third kappa shape index (κ3) is 2.82. The molecule has 2 aromatic rings. The fourth-order valence-corrected chi connectivity index (χ4v) is 3.71. The normalized spacial score (nSPS) is 17.1. The number of fused-ring (bicyclic) bond motifs is 1. The van der Waals surface area contributed by atoms with E-state index >= 15 is 0 Å². The first-order valence-electron chi connectivity index (χ1n) is 6.89. The first kappa shape index (κ1) is 14.9. The van der Waals surface area contributed by atoms with E-state index < -0.39 is 0 Å². The molecule has 0 aromatic heterocycles. The van der Waals surface area contributed by atoms with Gasteiger partial charge >= 0.3 is 0 Å².